The van der Waals surface area contributed by atoms with Crippen LogP contribution in [-0.2, 0) is 6.61 Å². The zero-order valence-corrected chi connectivity index (χ0v) is 9.67. The molecule has 0 saturated carbocycles. The third-order valence-corrected chi connectivity index (χ3v) is 2.52. The van der Waals surface area contributed by atoms with Gasteiger partial charge in [-0.05, 0) is 25.1 Å². The lowest BCUT2D eigenvalue weighted by Crippen LogP contribution is -2.23. The Bertz CT molecular complexity index is 338. The number of nitrogens with zero attached hydrogens (tertiary/aromatic N) is 1. The van der Waals surface area contributed by atoms with E-state index in [1.165, 1.54) is 0 Å². The average molecular weight is 226 g/mol. The Morgan fingerprint density at radius 1 is 1.53 bits per heavy atom. The second kappa shape index (κ2) is 5.79. The molecule has 0 saturated heterocycles. The van der Waals surface area contributed by atoms with E-state index in [0.29, 0.717) is 5.02 Å². The molecule has 0 heterocycles. The van der Waals surface area contributed by atoms with Crippen molar-refractivity contribution in [2.24, 2.45) is 0 Å². The van der Waals surface area contributed by atoms with Crippen molar-refractivity contribution >= 4 is 17.3 Å². The first-order chi connectivity index (χ1) is 7.22. The molecule has 0 bridgehead atoms. The minimum absolute atomic E-state index is 0.00351. The summed E-state index contributed by atoms with van der Waals surface area (Å²) in [6.45, 7) is 7.43. The third kappa shape index (κ3) is 2.98. The fourth-order valence-electron chi connectivity index (χ4n) is 1.54. The first-order valence-corrected chi connectivity index (χ1v) is 5.35. The third-order valence-electron chi connectivity index (χ3n) is 2.28. The highest BCUT2D eigenvalue weighted by atomic mass is 35.5. The Hall–Kier alpha value is -0.990. The molecule has 0 aliphatic rings. The highest BCUT2D eigenvalue weighted by Gasteiger charge is 2.08. The van der Waals surface area contributed by atoms with E-state index in [2.05, 4.69) is 18.4 Å². The minimum atomic E-state index is 0.00351. The first kappa shape index (κ1) is 12.1. The summed E-state index contributed by atoms with van der Waals surface area (Å²) in [4.78, 5) is 2.13. The number of benzene rings is 1. The van der Waals surface area contributed by atoms with Gasteiger partial charge in [0.05, 0.1) is 6.61 Å². The van der Waals surface area contributed by atoms with Crippen LogP contribution in [0.15, 0.2) is 30.9 Å². The summed E-state index contributed by atoms with van der Waals surface area (Å²) < 4.78 is 0. The van der Waals surface area contributed by atoms with E-state index in [-0.39, 0.29) is 6.61 Å². The average Bonchev–Trinajstić information content (AvgIpc) is 2.26. The van der Waals surface area contributed by atoms with E-state index in [1.807, 2.05) is 18.2 Å². The Morgan fingerprint density at radius 2 is 2.27 bits per heavy atom. The van der Waals surface area contributed by atoms with Crippen molar-refractivity contribution in [3.05, 3.63) is 41.4 Å². The smallest absolute Gasteiger partial charge is 0.0702 e. The van der Waals surface area contributed by atoms with Crippen LogP contribution in [0.4, 0.5) is 5.69 Å². The monoisotopic (exact) mass is 225 g/mol. The molecule has 3 heteroatoms. The Morgan fingerprint density at radius 3 is 2.80 bits per heavy atom. The van der Waals surface area contributed by atoms with Crippen LogP contribution in [0.2, 0.25) is 5.02 Å². The largest absolute Gasteiger partial charge is 0.392 e. The summed E-state index contributed by atoms with van der Waals surface area (Å²) in [5, 5.41) is 9.89. The zero-order valence-electron chi connectivity index (χ0n) is 8.91. The van der Waals surface area contributed by atoms with Crippen LogP contribution in [0, 0.1) is 0 Å². The first-order valence-electron chi connectivity index (χ1n) is 4.98. The SMILES string of the molecule is C=CCN(CC)c1ccc(Cl)cc1CO. The van der Waals surface area contributed by atoms with E-state index in [4.69, 9.17) is 11.6 Å². The van der Waals surface area contributed by atoms with Gasteiger partial charge in [-0.1, -0.05) is 17.7 Å². The van der Waals surface area contributed by atoms with Crippen LogP contribution in [0.3, 0.4) is 0 Å². The number of hydrogen-bond donors (Lipinski definition) is 1. The molecule has 1 aromatic rings. The molecule has 0 atom stereocenters. The lowest BCUT2D eigenvalue weighted by Gasteiger charge is -2.23. The van der Waals surface area contributed by atoms with Gasteiger partial charge in [0.1, 0.15) is 0 Å². The zero-order chi connectivity index (χ0) is 11.3. The van der Waals surface area contributed by atoms with E-state index in [1.54, 1.807) is 6.07 Å². The van der Waals surface area contributed by atoms with Crippen molar-refractivity contribution < 1.29 is 5.11 Å². The highest BCUT2D eigenvalue weighted by molar-refractivity contribution is 6.30. The molecule has 0 fully saturated rings. The summed E-state index contributed by atoms with van der Waals surface area (Å²) in [6.07, 6.45) is 1.85. The van der Waals surface area contributed by atoms with Gasteiger partial charge < -0.3 is 10.0 Å². The van der Waals surface area contributed by atoms with E-state index in [0.717, 1.165) is 24.3 Å². The standard InChI is InChI=1S/C12H16ClNO/c1-3-7-14(4-2)12-6-5-11(13)8-10(12)9-15/h3,5-6,8,15H,1,4,7,9H2,2H3. The van der Waals surface area contributed by atoms with Crippen molar-refractivity contribution in [1.29, 1.82) is 0 Å². The normalized spacial score (nSPS) is 10.1. The van der Waals surface area contributed by atoms with Crippen LogP contribution in [-0.4, -0.2) is 18.2 Å². The molecule has 1 aromatic carbocycles. The molecule has 0 amide bonds. The summed E-state index contributed by atoms with van der Waals surface area (Å²) in [5.41, 5.74) is 1.87. The van der Waals surface area contributed by atoms with Gasteiger partial charge in [0.15, 0.2) is 0 Å². The van der Waals surface area contributed by atoms with Crippen molar-refractivity contribution in [1.82, 2.24) is 0 Å². The number of likely N-dealkylation sites (N-methyl/N-ethyl adjacent to an activating group) is 1. The Kier molecular flexibility index (Phi) is 4.66. The maximum Gasteiger partial charge on any atom is 0.0702 e. The predicted octanol–water partition coefficient (Wildman–Crippen LogP) is 2.84. The van der Waals surface area contributed by atoms with Gasteiger partial charge in [0.2, 0.25) is 0 Å². The molecule has 1 N–H and O–H groups in total. The van der Waals surface area contributed by atoms with E-state index < -0.39 is 0 Å². The number of aliphatic hydroxyl groups is 1. The highest BCUT2D eigenvalue weighted by Crippen LogP contribution is 2.24. The molecule has 0 aliphatic carbocycles. The van der Waals surface area contributed by atoms with Crippen LogP contribution in [0.1, 0.15) is 12.5 Å². The minimum Gasteiger partial charge on any atom is -0.392 e. The van der Waals surface area contributed by atoms with Gasteiger partial charge >= 0.3 is 0 Å². The predicted molar refractivity (Wildman–Crippen MR) is 65.5 cm³/mol. The van der Waals surface area contributed by atoms with E-state index >= 15 is 0 Å². The molecule has 82 valence electrons. The van der Waals surface area contributed by atoms with Crippen LogP contribution in [0.25, 0.3) is 0 Å². The van der Waals surface area contributed by atoms with Gasteiger partial charge in [0, 0.05) is 29.4 Å². The van der Waals surface area contributed by atoms with Gasteiger partial charge in [-0.2, -0.15) is 0 Å². The number of hydrogen-bond acceptors (Lipinski definition) is 2. The number of halogens is 1. The van der Waals surface area contributed by atoms with Gasteiger partial charge in [-0.25, -0.2) is 0 Å². The lowest BCUT2D eigenvalue weighted by molar-refractivity contribution is 0.282. The summed E-state index contributed by atoms with van der Waals surface area (Å²) in [5.74, 6) is 0. The second-order valence-electron chi connectivity index (χ2n) is 3.26. The molecule has 2 nitrogen and oxygen atoms in total. The fourth-order valence-corrected chi connectivity index (χ4v) is 1.74. The van der Waals surface area contributed by atoms with Crippen molar-refractivity contribution in [3.63, 3.8) is 0 Å². The van der Waals surface area contributed by atoms with Crippen LogP contribution < -0.4 is 4.90 Å². The Labute approximate surface area is 95.8 Å². The molecule has 0 unspecified atom stereocenters. The summed E-state index contributed by atoms with van der Waals surface area (Å²) in [6, 6.07) is 5.56. The summed E-state index contributed by atoms with van der Waals surface area (Å²) >= 11 is 5.87. The topological polar surface area (TPSA) is 23.5 Å². The molecule has 0 aliphatic heterocycles. The number of aliphatic hydroxyl groups excluding tert-OH is 1. The van der Waals surface area contributed by atoms with Gasteiger partial charge in [0.25, 0.3) is 0 Å². The molecule has 0 aromatic heterocycles. The van der Waals surface area contributed by atoms with Crippen LogP contribution >= 0.6 is 11.6 Å². The Balaban J connectivity index is 3.04. The maximum absolute atomic E-state index is 9.24. The van der Waals surface area contributed by atoms with Crippen molar-refractivity contribution in [3.8, 4) is 0 Å². The quantitative estimate of drug-likeness (QED) is 0.779. The molecule has 0 radical (unpaired) electrons. The molecular formula is C12H16ClNO. The fraction of sp³-hybridized carbons (Fsp3) is 0.333. The van der Waals surface area contributed by atoms with Crippen molar-refractivity contribution in [2.75, 3.05) is 18.0 Å². The molecular weight excluding hydrogens is 210 g/mol. The molecule has 1 rings (SSSR count). The van der Waals surface area contributed by atoms with Gasteiger partial charge in [-0.3, -0.25) is 0 Å². The van der Waals surface area contributed by atoms with Gasteiger partial charge in [-0.15, -0.1) is 6.58 Å². The lowest BCUT2D eigenvalue weighted by atomic mass is 10.1. The number of rotatable bonds is 5. The van der Waals surface area contributed by atoms with Crippen molar-refractivity contribution in [2.45, 2.75) is 13.5 Å². The summed E-state index contributed by atoms with van der Waals surface area (Å²) in [7, 11) is 0. The number of anilines is 1. The molecule has 15 heavy (non-hydrogen) atoms. The second-order valence-corrected chi connectivity index (χ2v) is 3.69. The van der Waals surface area contributed by atoms with Crippen LogP contribution in [0.5, 0.6) is 0 Å². The molecule has 0 spiro atoms. The van der Waals surface area contributed by atoms with E-state index in [9.17, 15) is 5.11 Å². The maximum atomic E-state index is 9.24.